The highest BCUT2D eigenvalue weighted by molar-refractivity contribution is 5.90. The normalized spacial score (nSPS) is 18.0. The number of aliphatic hydroxyl groups excluding tert-OH is 1. The first-order valence-corrected chi connectivity index (χ1v) is 7.45. The highest BCUT2D eigenvalue weighted by atomic mass is 19.1. The van der Waals surface area contributed by atoms with Gasteiger partial charge < -0.3 is 15.0 Å². The van der Waals surface area contributed by atoms with Crippen LogP contribution in [0.15, 0.2) is 24.9 Å². The quantitative estimate of drug-likeness (QED) is 0.761. The smallest absolute Gasteiger partial charge is 0.183 e. The van der Waals surface area contributed by atoms with Crippen LogP contribution in [0, 0.1) is 5.82 Å². The molecular weight excluding hydrogens is 299 g/mol. The molecule has 0 aromatic carbocycles. The van der Waals surface area contributed by atoms with E-state index in [-0.39, 0.29) is 18.5 Å². The van der Waals surface area contributed by atoms with Gasteiger partial charge in [0, 0.05) is 29.9 Å². The van der Waals surface area contributed by atoms with Crippen LogP contribution >= 0.6 is 0 Å². The molecule has 0 radical (unpaired) electrons. The molecule has 0 unspecified atom stereocenters. The summed E-state index contributed by atoms with van der Waals surface area (Å²) in [7, 11) is 0. The van der Waals surface area contributed by atoms with Crippen molar-refractivity contribution in [3.8, 4) is 11.4 Å². The molecule has 0 spiro atoms. The Bertz CT molecular complexity index is 851. The largest absolute Gasteiger partial charge is 0.394 e. The Balaban J connectivity index is 1.80. The zero-order chi connectivity index (χ0) is 15.8. The van der Waals surface area contributed by atoms with Crippen molar-refractivity contribution in [1.82, 2.24) is 24.9 Å². The zero-order valence-electron chi connectivity index (χ0n) is 12.3. The lowest BCUT2D eigenvalue weighted by atomic mass is 10.2. The summed E-state index contributed by atoms with van der Waals surface area (Å²) in [5, 5.41) is 10.2. The van der Waals surface area contributed by atoms with Gasteiger partial charge in [-0.3, -0.25) is 0 Å². The van der Waals surface area contributed by atoms with Crippen LogP contribution in [0.5, 0.6) is 0 Å². The van der Waals surface area contributed by atoms with Crippen LogP contribution in [0.25, 0.3) is 22.4 Å². The Morgan fingerprint density at radius 1 is 1.35 bits per heavy atom. The van der Waals surface area contributed by atoms with Crippen LogP contribution < -0.4 is 4.90 Å². The minimum absolute atomic E-state index is 0.0142. The van der Waals surface area contributed by atoms with Crippen molar-refractivity contribution in [3.63, 3.8) is 0 Å². The molecule has 8 heteroatoms. The fraction of sp³-hybridized carbons (Fsp3) is 0.333. The van der Waals surface area contributed by atoms with Gasteiger partial charge >= 0.3 is 0 Å². The summed E-state index contributed by atoms with van der Waals surface area (Å²) in [4.78, 5) is 21.5. The minimum atomic E-state index is -0.481. The van der Waals surface area contributed by atoms with Gasteiger partial charge in [-0.2, -0.15) is 0 Å². The number of anilines is 1. The predicted octanol–water partition coefficient (Wildman–Crippen LogP) is 1.52. The lowest BCUT2D eigenvalue weighted by molar-refractivity contribution is 0.265. The first-order valence-electron chi connectivity index (χ1n) is 7.45. The molecule has 3 aromatic heterocycles. The molecule has 4 heterocycles. The molecule has 2 N–H and O–H groups in total. The topological polar surface area (TPSA) is 90.8 Å². The molecule has 1 saturated heterocycles. The van der Waals surface area contributed by atoms with Crippen LogP contribution in [0.4, 0.5) is 10.2 Å². The number of hydrogen-bond donors (Lipinski definition) is 2. The van der Waals surface area contributed by atoms with Gasteiger partial charge in [-0.25, -0.2) is 24.3 Å². The molecule has 1 aliphatic rings. The third kappa shape index (κ3) is 2.31. The maximum atomic E-state index is 14.2. The standard InChI is InChI=1S/C15H15FN6O/c16-12-6-19-14(11-5-18-13-10(11)4-17-8-20-13)21-15(12)22-3-1-2-9(22)7-23/h4-6,8-9,23H,1-3,7H2,(H,17,18,20)/t9-/m1/s1. The average molecular weight is 314 g/mol. The van der Waals surface area contributed by atoms with Gasteiger partial charge in [0.1, 0.15) is 12.0 Å². The van der Waals surface area contributed by atoms with E-state index in [9.17, 15) is 9.50 Å². The van der Waals surface area contributed by atoms with Crippen LogP contribution in [0.2, 0.25) is 0 Å². The minimum Gasteiger partial charge on any atom is -0.394 e. The van der Waals surface area contributed by atoms with Crippen LogP contribution in [-0.2, 0) is 0 Å². The predicted molar refractivity (Wildman–Crippen MR) is 82.3 cm³/mol. The van der Waals surface area contributed by atoms with Crippen LogP contribution in [-0.4, -0.2) is 49.2 Å². The third-order valence-corrected chi connectivity index (χ3v) is 4.18. The summed E-state index contributed by atoms with van der Waals surface area (Å²) >= 11 is 0. The number of aromatic nitrogens is 5. The average Bonchev–Trinajstić information content (AvgIpc) is 3.22. The number of nitrogens with zero attached hydrogens (tertiary/aromatic N) is 5. The van der Waals surface area contributed by atoms with Crippen molar-refractivity contribution in [2.75, 3.05) is 18.1 Å². The monoisotopic (exact) mass is 314 g/mol. The van der Waals surface area contributed by atoms with Crippen molar-refractivity contribution in [2.45, 2.75) is 18.9 Å². The van der Waals surface area contributed by atoms with E-state index < -0.39 is 5.82 Å². The molecule has 23 heavy (non-hydrogen) atoms. The van der Waals surface area contributed by atoms with Gasteiger partial charge in [0.25, 0.3) is 0 Å². The molecular formula is C15H15FN6O. The number of fused-ring (bicyclic) bond motifs is 1. The molecule has 7 nitrogen and oxygen atoms in total. The molecule has 1 fully saturated rings. The van der Waals surface area contributed by atoms with Gasteiger partial charge in [0.2, 0.25) is 0 Å². The first-order chi connectivity index (χ1) is 11.3. The van der Waals surface area contributed by atoms with Gasteiger partial charge in [0.15, 0.2) is 17.5 Å². The van der Waals surface area contributed by atoms with Crippen molar-refractivity contribution in [2.24, 2.45) is 0 Å². The van der Waals surface area contributed by atoms with E-state index in [0.29, 0.717) is 18.0 Å². The Labute approximate surface area is 131 Å². The number of aromatic amines is 1. The maximum Gasteiger partial charge on any atom is 0.183 e. The van der Waals surface area contributed by atoms with E-state index >= 15 is 0 Å². The van der Waals surface area contributed by atoms with Gasteiger partial charge in [-0.1, -0.05) is 0 Å². The van der Waals surface area contributed by atoms with Crippen molar-refractivity contribution in [1.29, 1.82) is 0 Å². The Hall–Kier alpha value is -2.61. The van der Waals surface area contributed by atoms with E-state index in [1.54, 1.807) is 12.4 Å². The lowest BCUT2D eigenvalue weighted by Gasteiger charge is -2.24. The molecule has 1 aliphatic heterocycles. The first kappa shape index (κ1) is 14.0. The SMILES string of the molecule is OC[C@H]1CCCN1c1nc(-c2c[nH]c3ncncc23)ncc1F. The van der Waals surface area contributed by atoms with Gasteiger partial charge in [-0.05, 0) is 12.8 Å². The summed E-state index contributed by atoms with van der Waals surface area (Å²) < 4.78 is 14.2. The molecule has 4 rings (SSSR count). The lowest BCUT2D eigenvalue weighted by Crippen LogP contribution is -2.33. The van der Waals surface area contributed by atoms with Gasteiger partial charge in [-0.15, -0.1) is 0 Å². The Morgan fingerprint density at radius 2 is 2.26 bits per heavy atom. The molecule has 0 aliphatic carbocycles. The second-order valence-corrected chi connectivity index (χ2v) is 5.52. The highest BCUT2D eigenvalue weighted by Crippen LogP contribution is 2.29. The zero-order valence-corrected chi connectivity index (χ0v) is 12.3. The summed E-state index contributed by atoms with van der Waals surface area (Å²) in [6, 6.07) is -0.0986. The van der Waals surface area contributed by atoms with Crippen molar-refractivity contribution >= 4 is 16.9 Å². The Morgan fingerprint density at radius 3 is 3.13 bits per heavy atom. The van der Waals surface area contributed by atoms with Crippen molar-refractivity contribution in [3.05, 3.63) is 30.7 Å². The molecule has 3 aromatic rings. The molecule has 0 amide bonds. The second kappa shape index (κ2) is 5.54. The number of rotatable bonds is 3. The van der Waals surface area contributed by atoms with E-state index in [0.717, 1.165) is 23.8 Å². The maximum absolute atomic E-state index is 14.2. The summed E-state index contributed by atoms with van der Waals surface area (Å²) in [6.45, 7) is 0.662. The summed E-state index contributed by atoms with van der Waals surface area (Å²) in [5.74, 6) is 0.161. The molecule has 118 valence electrons. The van der Waals surface area contributed by atoms with E-state index in [1.165, 1.54) is 12.5 Å². The van der Waals surface area contributed by atoms with E-state index in [1.807, 2.05) is 4.90 Å². The van der Waals surface area contributed by atoms with Crippen LogP contribution in [0.1, 0.15) is 12.8 Å². The highest BCUT2D eigenvalue weighted by Gasteiger charge is 2.28. The van der Waals surface area contributed by atoms with Crippen LogP contribution in [0.3, 0.4) is 0 Å². The number of H-pyrrole nitrogens is 1. The fourth-order valence-electron chi connectivity index (χ4n) is 3.04. The van der Waals surface area contributed by atoms with Crippen molar-refractivity contribution < 1.29 is 9.50 Å². The number of aliphatic hydroxyl groups is 1. The third-order valence-electron chi connectivity index (χ3n) is 4.18. The Kier molecular flexibility index (Phi) is 3.38. The van der Waals surface area contributed by atoms with Gasteiger partial charge in [0.05, 0.1) is 18.8 Å². The molecule has 0 saturated carbocycles. The fourth-order valence-corrected chi connectivity index (χ4v) is 3.04. The number of nitrogens with one attached hydrogen (secondary N) is 1. The van der Waals surface area contributed by atoms with E-state index in [2.05, 4.69) is 24.9 Å². The second-order valence-electron chi connectivity index (χ2n) is 5.52. The summed E-state index contributed by atoms with van der Waals surface area (Å²) in [6.07, 6.45) is 7.78. The summed E-state index contributed by atoms with van der Waals surface area (Å²) in [5.41, 5.74) is 1.40. The molecule has 0 bridgehead atoms. The molecule has 1 atom stereocenters. The van der Waals surface area contributed by atoms with E-state index in [4.69, 9.17) is 0 Å². The number of hydrogen-bond acceptors (Lipinski definition) is 6. The number of halogens is 1.